The quantitative estimate of drug-likeness (QED) is 0.247. The summed E-state index contributed by atoms with van der Waals surface area (Å²) in [7, 11) is 0. The van der Waals surface area contributed by atoms with Crippen molar-refractivity contribution in [2.45, 2.75) is 0 Å². The molecule has 0 fully saturated rings. The van der Waals surface area contributed by atoms with Gasteiger partial charge in [-0.2, -0.15) is 0 Å². The summed E-state index contributed by atoms with van der Waals surface area (Å²) in [4.78, 5) is 0. The van der Waals surface area contributed by atoms with Crippen LogP contribution in [0.25, 0.3) is 0 Å². The Morgan fingerprint density at radius 1 is 0.286 bits per heavy atom. The minimum atomic E-state index is 0. The van der Waals surface area contributed by atoms with Crippen molar-refractivity contribution >= 4 is 42.1 Å². The van der Waals surface area contributed by atoms with Crippen LogP contribution in [0.5, 0.6) is 0 Å². The van der Waals surface area contributed by atoms with Gasteiger partial charge in [0.15, 0.2) is 0 Å². The molecule has 0 heterocycles. The molecule has 0 unspecified atom stereocenters. The maximum atomic E-state index is 0. The molecule has 0 aliphatic heterocycles. The van der Waals surface area contributed by atoms with Gasteiger partial charge in [-0.15, -0.1) is 0 Å². The predicted molar refractivity (Wildman–Crippen MR) is 28.8 cm³/mol. The topological polar surface area (TPSA) is 0 Å². The third-order valence-electron chi connectivity index (χ3n) is 0. The van der Waals surface area contributed by atoms with Gasteiger partial charge in [-0.1, -0.05) is 0 Å². The van der Waals surface area contributed by atoms with Crippen molar-refractivity contribution in [1.82, 2.24) is 0 Å². The van der Waals surface area contributed by atoms with Gasteiger partial charge < -0.3 is 42.1 Å². The molecule has 0 nitrogen and oxygen atoms in total. The van der Waals surface area contributed by atoms with E-state index in [1.807, 2.05) is 0 Å². The van der Waals surface area contributed by atoms with Gasteiger partial charge in [0.1, 0.15) is 0 Å². The van der Waals surface area contributed by atoms with Crippen molar-refractivity contribution in [2.75, 3.05) is 0 Å². The van der Waals surface area contributed by atoms with E-state index in [1.165, 1.54) is 0 Å². The zero-order chi connectivity index (χ0) is 0. The second-order valence-corrected chi connectivity index (χ2v) is 0. The summed E-state index contributed by atoms with van der Waals surface area (Å²) in [5.74, 6) is 0. The zero-order valence-corrected chi connectivity index (χ0v) is 4.89. The van der Waals surface area contributed by atoms with E-state index in [0.29, 0.717) is 0 Å². The normalized spacial score (nSPS) is 0. The molecule has 0 rings (SSSR count). The standard InChI is InChI=1S/5B.2Li/q5*-1;2*+1. The molecule has 20 radical (unpaired) electrons. The van der Waals surface area contributed by atoms with E-state index in [-0.39, 0.29) is 79.8 Å². The van der Waals surface area contributed by atoms with E-state index in [0.717, 1.165) is 0 Å². The van der Waals surface area contributed by atoms with E-state index < -0.39 is 0 Å². The van der Waals surface area contributed by atoms with Crippen LogP contribution < -0.4 is 37.7 Å². The van der Waals surface area contributed by atoms with Gasteiger partial charge in [-0.25, -0.2) is 0 Å². The minimum absolute atomic E-state index is 0. The fourth-order valence-corrected chi connectivity index (χ4v) is 0. The third kappa shape index (κ3) is 99.2. The molecule has 0 saturated carbocycles. The first kappa shape index (κ1) is 209. The largest absolute Gasteiger partial charge is 1.00 e. The van der Waals surface area contributed by atoms with Crippen LogP contribution >= 0.6 is 0 Å². The minimum Gasteiger partial charge on any atom is -1.00 e. The van der Waals surface area contributed by atoms with E-state index in [2.05, 4.69) is 0 Å². The molecule has 0 aromatic heterocycles. The van der Waals surface area contributed by atoms with Gasteiger partial charge in [0, 0.05) is 0 Å². The second-order valence-electron chi connectivity index (χ2n) is 0. The van der Waals surface area contributed by atoms with Crippen LogP contribution in [0.2, 0.25) is 0 Å². The molecule has 0 aliphatic carbocycles. The Balaban J connectivity index is 0. The average Bonchev–Trinajstić information content (AvgIpc) is 0. The van der Waals surface area contributed by atoms with Crippen LogP contribution in [0.4, 0.5) is 0 Å². The molecule has 0 aliphatic rings. The molecule has 0 bridgehead atoms. The van der Waals surface area contributed by atoms with Gasteiger partial charge in [-0.3, -0.25) is 0 Å². The molecule has 0 spiro atoms. The van der Waals surface area contributed by atoms with E-state index in [1.54, 1.807) is 0 Å². The fourth-order valence-electron chi connectivity index (χ4n) is 0. The summed E-state index contributed by atoms with van der Waals surface area (Å²) < 4.78 is 0. The molecule has 0 amide bonds. The van der Waals surface area contributed by atoms with Crippen molar-refractivity contribution in [3.63, 3.8) is 0 Å². The average molecular weight is 67.9 g/mol. The first-order chi connectivity index (χ1) is 0. The summed E-state index contributed by atoms with van der Waals surface area (Å²) in [6.45, 7) is 0. The van der Waals surface area contributed by atoms with Crippen LogP contribution in [-0.4, -0.2) is 42.1 Å². The summed E-state index contributed by atoms with van der Waals surface area (Å²) in [6.07, 6.45) is 0. The molecule has 20 valence electrons. The van der Waals surface area contributed by atoms with Gasteiger partial charge in [-0.05, 0) is 0 Å². The summed E-state index contributed by atoms with van der Waals surface area (Å²) in [6, 6.07) is 0. The Morgan fingerprint density at radius 2 is 0.286 bits per heavy atom. The second kappa shape index (κ2) is 138. The van der Waals surface area contributed by atoms with Crippen molar-refractivity contribution in [1.29, 1.82) is 0 Å². The molecule has 7 heteroatoms. The SMILES string of the molecule is [B-].[B-].[B-].[B-].[B-].[Li+].[Li+]. The number of rotatable bonds is 0. The van der Waals surface area contributed by atoms with Crippen molar-refractivity contribution < 1.29 is 37.7 Å². The molecule has 7 heavy (non-hydrogen) atoms. The van der Waals surface area contributed by atoms with E-state index >= 15 is 0 Å². The zero-order valence-electron chi connectivity index (χ0n) is 4.89. The van der Waals surface area contributed by atoms with Crippen molar-refractivity contribution in [3.05, 3.63) is 0 Å². The van der Waals surface area contributed by atoms with Crippen LogP contribution in [-0.2, 0) is 0 Å². The molecular weight excluding hydrogens is 67.9 g/mol. The Kier molecular flexibility index (Phi) is 4130. The van der Waals surface area contributed by atoms with Crippen LogP contribution in [0.3, 0.4) is 0 Å². The van der Waals surface area contributed by atoms with Crippen LogP contribution in [0.15, 0.2) is 0 Å². The summed E-state index contributed by atoms with van der Waals surface area (Å²) in [5.41, 5.74) is 0. The molecule has 0 saturated heterocycles. The maximum absolute atomic E-state index is 0. The third-order valence-corrected chi connectivity index (χ3v) is 0. The summed E-state index contributed by atoms with van der Waals surface area (Å²) >= 11 is 0. The summed E-state index contributed by atoms with van der Waals surface area (Å²) in [5, 5.41) is 0. The monoisotopic (exact) mass is 69.1 g/mol. The maximum Gasteiger partial charge on any atom is 1.00 e. The van der Waals surface area contributed by atoms with Crippen molar-refractivity contribution in [3.8, 4) is 0 Å². The fraction of sp³-hybridized carbons (Fsp3) is 0. The van der Waals surface area contributed by atoms with Crippen LogP contribution in [0.1, 0.15) is 0 Å². The Morgan fingerprint density at radius 3 is 0.286 bits per heavy atom. The van der Waals surface area contributed by atoms with E-state index in [9.17, 15) is 0 Å². The first-order valence-corrected chi connectivity index (χ1v) is 0. The Hall–Kier alpha value is 1.52. The Bertz CT molecular complexity index is 6.04. The first-order valence-electron chi connectivity index (χ1n) is 0. The van der Waals surface area contributed by atoms with Gasteiger partial charge >= 0.3 is 37.7 Å². The molecule has 0 atom stereocenters. The predicted octanol–water partition coefficient (Wildman–Crippen LogP) is -7.90. The molecule has 0 aromatic rings. The van der Waals surface area contributed by atoms with Crippen LogP contribution in [0, 0.1) is 0 Å². The number of hydrogen-bond acceptors (Lipinski definition) is 0. The molecule has 0 N–H and O–H groups in total. The number of hydrogen-bond donors (Lipinski definition) is 0. The van der Waals surface area contributed by atoms with Gasteiger partial charge in [0.05, 0.1) is 0 Å². The Labute approximate surface area is 79.6 Å². The molecule has 0 aromatic carbocycles. The van der Waals surface area contributed by atoms with E-state index in [4.69, 9.17) is 0 Å². The molecular formula is B5Li2-3. The van der Waals surface area contributed by atoms with Gasteiger partial charge in [0.25, 0.3) is 0 Å². The van der Waals surface area contributed by atoms with Gasteiger partial charge in [0.2, 0.25) is 0 Å². The van der Waals surface area contributed by atoms with Crippen molar-refractivity contribution in [2.24, 2.45) is 0 Å². The smallest absolute Gasteiger partial charge is 1.00 e.